The summed E-state index contributed by atoms with van der Waals surface area (Å²) in [5.41, 5.74) is -0.193. The van der Waals surface area contributed by atoms with Gasteiger partial charge in [-0.25, -0.2) is 4.68 Å². The van der Waals surface area contributed by atoms with Gasteiger partial charge in [0.05, 0.1) is 36.9 Å². The average molecular weight is 262 g/mol. The van der Waals surface area contributed by atoms with Crippen LogP contribution in [0.5, 0.6) is 0 Å². The van der Waals surface area contributed by atoms with E-state index in [1.54, 1.807) is 12.3 Å². The molecule has 0 radical (unpaired) electrons. The second-order valence-corrected chi connectivity index (χ2v) is 4.75. The van der Waals surface area contributed by atoms with E-state index in [1.165, 1.54) is 4.68 Å². The van der Waals surface area contributed by atoms with Gasteiger partial charge in [-0.05, 0) is 19.9 Å². The molecule has 1 atom stereocenters. The van der Waals surface area contributed by atoms with Crippen LogP contribution in [0.25, 0.3) is 10.8 Å². The largest absolute Gasteiger partial charge is 0.389 e. The number of ether oxygens (including phenoxy) is 1. The molecule has 0 aliphatic heterocycles. The Morgan fingerprint density at radius 3 is 2.84 bits per heavy atom. The summed E-state index contributed by atoms with van der Waals surface area (Å²) in [6.45, 7) is 4.12. The maximum atomic E-state index is 12.2. The fourth-order valence-electron chi connectivity index (χ4n) is 1.81. The molecular weight excluding hydrogens is 244 g/mol. The summed E-state index contributed by atoms with van der Waals surface area (Å²) in [6.07, 6.45) is 0.942. The molecule has 5 heteroatoms. The van der Waals surface area contributed by atoms with Crippen molar-refractivity contribution in [3.05, 3.63) is 40.8 Å². The van der Waals surface area contributed by atoms with Gasteiger partial charge in [0.2, 0.25) is 0 Å². The Hall–Kier alpha value is -1.72. The van der Waals surface area contributed by atoms with Gasteiger partial charge in [0, 0.05) is 5.39 Å². The van der Waals surface area contributed by atoms with Crippen LogP contribution in [0.1, 0.15) is 13.8 Å². The van der Waals surface area contributed by atoms with Gasteiger partial charge in [-0.15, -0.1) is 0 Å². The summed E-state index contributed by atoms with van der Waals surface area (Å²) in [7, 11) is 0. The lowest BCUT2D eigenvalue weighted by Crippen LogP contribution is -2.31. The Kier molecular flexibility index (Phi) is 4.29. The van der Waals surface area contributed by atoms with Crippen molar-refractivity contribution in [2.75, 3.05) is 6.61 Å². The van der Waals surface area contributed by atoms with Crippen molar-refractivity contribution in [1.82, 2.24) is 9.78 Å². The topological polar surface area (TPSA) is 64.3 Å². The Labute approximate surface area is 111 Å². The predicted molar refractivity (Wildman–Crippen MR) is 73.1 cm³/mol. The van der Waals surface area contributed by atoms with E-state index in [0.717, 1.165) is 5.39 Å². The fraction of sp³-hybridized carbons (Fsp3) is 0.429. The molecule has 0 aliphatic carbocycles. The van der Waals surface area contributed by atoms with Crippen molar-refractivity contribution in [2.45, 2.75) is 32.6 Å². The van der Waals surface area contributed by atoms with E-state index in [9.17, 15) is 9.90 Å². The van der Waals surface area contributed by atoms with Gasteiger partial charge in [0.1, 0.15) is 0 Å². The van der Waals surface area contributed by atoms with Crippen LogP contribution in [-0.2, 0) is 11.3 Å². The zero-order valence-corrected chi connectivity index (χ0v) is 11.1. The zero-order valence-electron chi connectivity index (χ0n) is 11.1. The Morgan fingerprint density at radius 1 is 1.37 bits per heavy atom. The molecule has 0 amide bonds. The molecule has 0 aliphatic rings. The highest BCUT2D eigenvalue weighted by Gasteiger charge is 2.10. The number of benzene rings is 1. The first-order valence-corrected chi connectivity index (χ1v) is 6.32. The molecule has 0 saturated carbocycles. The summed E-state index contributed by atoms with van der Waals surface area (Å²) in [5, 5.41) is 15.3. The minimum absolute atomic E-state index is 0.0518. The molecule has 102 valence electrons. The average Bonchev–Trinajstić information content (AvgIpc) is 2.40. The number of rotatable bonds is 5. The molecular formula is C14H18N2O3. The highest BCUT2D eigenvalue weighted by molar-refractivity contribution is 5.80. The van der Waals surface area contributed by atoms with E-state index in [0.29, 0.717) is 5.39 Å². The molecule has 2 aromatic rings. The van der Waals surface area contributed by atoms with E-state index >= 15 is 0 Å². The number of hydrogen-bond donors (Lipinski definition) is 1. The van der Waals surface area contributed by atoms with E-state index in [1.807, 2.05) is 32.0 Å². The van der Waals surface area contributed by atoms with Crippen LogP contribution in [-0.4, -0.2) is 33.7 Å². The van der Waals surface area contributed by atoms with E-state index in [-0.39, 0.29) is 24.8 Å². The first kappa shape index (κ1) is 13.7. The SMILES string of the molecule is CC(C)OCC(O)Cn1ncc2ccccc2c1=O. The number of aromatic nitrogens is 2. The van der Waals surface area contributed by atoms with E-state index < -0.39 is 6.10 Å². The Morgan fingerprint density at radius 2 is 2.11 bits per heavy atom. The van der Waals surface area contributed by atoms with Crippen molar-refractivity contribution in [2.24, 2.45) is 0 Å². The third kappa shape index (κ3) is 3.39. The molecule has 0 spiro atoms. The third-order valence-corrected chi connectivity index (χ3v) is 2.77. The summed E-state index contributed by atoms with van der Waals surface area (Å²) in [4.78, 5) is 12.2. The summed E-state index contributed by atoms with van der Waals surface area (Å²) >= 11 is 0. The summed E-state index contributed by atoms with van der Waals surface area (Å²) in [5.74, 6) is 0. The van der Waals surface area contributed by atoms with Crippen LogP contribution in [0, 0.1) is 0 Å². The summed E-state index contributed by atoms with van der Waals surface area (Å²) < 4.78 is 6.58. The van der Waals surface area contributed by atoms with Crippen LogP contribution in [0.15, 0.2) is 35.3 Å². The van der Waals surface area contributed by atoms with Crippen molar-refractivity contribution in [3.8, 4) is 0 Å². The Bertz CT molecular complexity index is 607. The van der Waals surface area contributed by atoms with E-state index in [4.69, 9.17) is 4.74 Å². The minimum atomic E-state index is -0.742. The van der Waals surface area contributed by atoms with Crippen molar-refractivity contribution in [1.29, 1.82) is 0 Å². The lowest BCUT2D eigenvalue weighted by atomic mass is 10.2. The zero-order chi connectivity index (χ0) is 13.8. The van der Waals surface area contributed by atoms with Gasteiger partial charge < -0.3 is 9.84 Å². The van der Waals surface area contributed by atoms with Crippen LogP contribution >= 0.6 is 0 Å². The normalized spacial score (nSPS) is 13.1. The molecule has 1 aromatic heterocycles. The molecule has 0 fully saturated rings. The smallest absolute Gasteiger partial charge is 0.274 e. The number of hydrogen-bond acceptors (Lipinski definition) is 4. The maximum Gasteiger partial charge on any atom is 0.274 e. The quantitative estimate of drug-likeness (QED) is 0.879. The predicted octanol–water partition coefficient (Wildman–Crippen LogP) is 1.18. The molecule has 0 bridgehead atoms. The second-order valence-electron chi connectivity index (χ2n) is 4.75. The van der Waals surface area contributed by atoms with Crippen LogP contribution in [0.4, 0.5) is 0 Å². The van der Waals surface area contributed by atoms with Crippen LogP contribution < -0.4 is 5.56 Å². The van der Waals surface area contributed by atoms with Gasteiger partial charge in [-0.1, -0.05) is 18.2 Å². The first-order valence-electron chi connectivity index (χ1n) is 6.32. The van der Waals surface area contributed by atoms with Crippen LogP contribution in [0.3, 0.4) is 0 Å². The van der Waals surface area contributed by atoms with E-state index in [2.05, 4.69) is 5.10 Å². The van der Waals surface area contributed by atoms with Gasteiger partial charge in [0.15, 0.2) is 0 Å². The third-order valence-electron chi connectivity index (χ3n) is 2.77. The summed E-state index contributed by atoms with van der Waals surface area (Å²) in [6, 6.07) is 7.27. The van der Waals surface area contributed by atoms with Crippen LogP contribution in [0.2, 0.25) is 0 Å². The first-order chi connectivity index (χ1) is 9.08. The number of fused-ring (bicyclic) bond motifs is 1. The number of aliphatic hydroxyl groups excluding tert-OH is 1. The maximum absolute atomic E-state index is 12.2. The molecule has 19 heavy (non-hydrogen) atoms. The van der Waals surface area contributed by atoms with Gasteiger partial charge in [-0.2, -0.15) is 5.10 Å². The molecule has 2 rings (SSSR count). The van der Waals surface area contributed by atoms with Crippen molar-refractivity contribution >= 4 is 10.8 Å². The molecule has 0 saturated heterocycles. The lowest BCUT2D eigenvalue weighted by Gasteiger charge is -2.14. The number of nitrogens with zero attached hydrogens (tertiary/aromatic N) is 2. The highest BCUT2D eigenvalue weighted by atomic mass is 16.5. The van der Waals surface area contributed by atoms with Gasteiger partial charge >= 0.3 is 0 Å². The lowest BCUT2D eigenvalue weighted by molar-refractivity contribution is -0.00250. The molecule has 1 heterocycles. The van der Waals surface area contributed by atoms with Gasteiger partial charge in [-0.3, -0.25) is 4.79 Å². The number of aliphatic hydroxyl groups is 1. The highest BCUT2D eigenvalue weighted by Crippen LogP contribution is 2.06. The molecule has 1 unspecified atom stereocenters. The molecule has 5 nitrogen and oxygen atoms in total. The van der Waals surface area contributed by atoms with Gasteiger partial charge in [0.25, 0.3) is 5.56 Å². The fourth-order valence-corrected chi connectivity index (χ4v) is 1.81. The Balaban J connectivity index is 2.17. The molecule has 1 aromatic carbocycles. The minimum Gasteiger partial charge on any atom is -0.389 e. The van der Waals surface area contributed by atoms with Crippen molar-refractivity contribution < 1.29 is 9.84 Å². The molecule has 1 N–H and O–H groups in total. The second kappa shape index (κ2) is 5.95. The van der Waals surface area contributed by atoms with Crippen molar-refractivity contribution in [3.63, 3.8) is 0 Å². The monoisotopic (exact) mass is 262 g/mol. The standard InChI is InChI=1S/C14H18N2O3/c1-10(2)19-9-12(17)8-16-14(18)13-6-4-3-5-11(13)7-15-16/h3-7,10,12,17H,8-9H2,1-2H3.